The molecule has 1 aromatic carbocycles. The first-order valence-corrected chi connectivity index (χ1v) is 20.8. The van der Waals surface area contributed by atoms with Gasteiger partial charge in [0.05, 0.1) is 21.3 Å². The van der Waals surface area contributed by atoms with Crippen LogP contribution in [0.1, 0.15) is 40.0 Å². The van der Waals surface area contributed by atoms with Gasteiger partial charge in [-0.15, -0.1) is 0 Å². The van der Waals surface area contributed by atoms with E-state index in [4.69, 9.17) is 37.7 Å². The van der Waals surface area contributed by atoms with E-state index in [1.165, 1.54) is 0 Å². The predicted octanol–water partition coefficient (Wildman–Crippen LogP) is 6.89. The van der Waals surface area contributed by atoms with E-state index in [1.54, 1.807) is 23.3 Å². The second kappa shape index (κ2) is 12.4. The summed E-state index contributed by atoms with van der Waals surface area (Å²) in [5.74, 6) is 0.589. The van der Waals surface area contributed by atoms with Crippen molar-refractivity contribution in [3.8, 4) is 11.1 Å². The molecule has 0 aliphatic carbocycles. The lowest BCUT2D eigenvalue weighted by Crippen LogP contribution is -2.63. The monoisotopic (exact) mass is 701 g/mol. The number of hydrogen-bond acceptors (Lipinski definition) is 7. The fraction of sp³-hybridized carbons (Fsp3) is 0.576. The summed E-state index contributed by atoms with van der Waals surface area (Å²) in [5.41, 5.74) is 1.80. The quantitative estimate of drug-likeness (QED) is 0.153. The number of aryl methyl sites for hydroxylation is 1. The highest BCUT2D eigenvalue weighted by atomic mass is 35.5. The maximum Gasteiger partial charge on any atom is 0.410 e. The Hall–Kier alpha value is -3.06. The summed E-state index contributed by atoms with van der Waals surface area (Å²) >= 11 is 13.6. The van der Waals surface area contributed by atoms with E-state index in [1.807, 2.05) is 48.6 Å². The molecule has 14 heteroatoms. The molecule has 5 heterocycles. The fourth-order valence-electron chi connectivity index (χ4n) is 6.71. The number of benzene rings is 1. The molecular weight excluding hydrogens is 657 g/mol. The van der Waals surface area contributed by atoms with Gasteiger partial charge < -0.3 is 23.8 Å². The second-order valence-corrected chi connectivity index (χ2v) is 21.5. The number of halogens is 2. The van der Waals surface area contributed by atoms with Crippen molar-refractivity contribution in [2.24, 2.45) is 14.1 Å². The van der Waals surface area contributed by atoms with E-state index in [0.29, 0.717) is 68.9 Å². The fourth-order valence-corrected chi connectivity index (χ4v) is 8.10. The SMILES string of the molecule is Cn1nc2ccc(-c3cn(COCC[Si](C)(C)C)c4nc(N5C6CCCC5CN(C(=O)OC(C)(C)C)C6)n(C)c(=O)c34)c(Cl)c2c1Cl. The number of likely N-dealkylation sites (tertiary alicyclic amines) is 1. The van der Waals surface area contributed by atoms with Gasteiger partial charge in [0.25, 0.3) is 5.56 Å². The summed E-state index contributed by atoms with van der Waals surface area (Å²) in [4.78, 5) is 36.8. The van der Waals surface area contributed by atoms with Crippen LogP contribution in [0, 0.1) is 0 Å². The molecule has 3 aromatic heterocycles. The summed E-state index contributed by atoms with van der Waals surface area (Å²) in [7, 11) is 2.24. The van der Waals surface area contributed by atoms with Gasteiger partial charge in [0.2, 0.25) is 5.95 Å². The lowest BCUT2D eigenvalue weighted by Gasteiger charge is -2.50. The maximum absolute atomic E-state index is 14.4. The van der Waals surface area contributed by atoms with E-state index >= 15 is 0 Å². The zero-order chi connectivity index (χ0) is 34.0. The van der Waals surface area contributed by atoms with Gasteiger partial charge in [-0.1, -0.05) is 48.9 Å². The van der Waals surface area contributed by atoms with Crippen molar-refractivity contribution in [3.05, 3.63) is 38.9 Å². The minimum atomic E-state index is -1.31. The van der Waals surface area contributed by atoms with Crippen LogP contribution >= 0.6 is 23.2 Å². The third kappa shape index (κ3) is 6.53. The molecule has 47 heavy (non-hydrogen) atoms. The smallest absolute Gasteiger partial charge is 0.410 e. The first-order chi connectivity index (χ1) is 22.0. The average Bonchev–Trinajstić information content (AvgIpc) is 3.47. The van der Waals surface area contributed by atoms with Crippen LogP contribution in [0.5, 0.6) is 0 Å². The molecule has 2 aliphatic rings. The maximum atomic E-state index is 14.4. The Morgan fingerprint density at radius 3 is 2.36 bits per heavy atom. The van der Waals surface area contributed by atoms with Crippen LogP contribution in [-0.2, 0) is 30.3 Å². The van der Waals surface area contributed by atoms with Gasteiger partial charge in [-0.05, 0) is 52.1 Å². The van der Waals surface area contributed by atoms with Crippen LogP contribution < -0.4 is 10.5 Å². The topological polar surface area (TPSA) is 99.7 Å². The number of hydrogen-bond donors (Lipinski definition) is 0. The Morgan fingerprint density at radius 1 is 1.04 bits per heavy atom. The summed E-state index contributed by atoms with van der Waals surface area (Å²) in [6.07, 6.45) is 4.43. The molecule has 254 valence electrons. The lowest BCUT2D eigenvalue weighted by atomic mass is 9.91. The number of anilines is 1. The first-order valence-electron chi connectivity index (χ1n) is 16.3. The molecule has 0 spiro atoms. The zero-order valence-electron chi connectivity index (χ0n) is 28.6. The highest BCUT2D eigenvalue weighted by molar-refractivity contribution is 6.76. The number of rotatable bonds is 7. The van der Waals surface area contributed by atoms with Gasteiger partial charge in [0.15, 0.2) is 5.65 Å². The molecule has 11 nitrogen and oxygen atoms in total. The number of aromatic nitrogens is 5. The number of amides is 1. The molecule has 2 atom stereocenters. The molecule has 0 saturated carbocycles. The molecule has 2 saturated heterocycles. The normalized spacial score (nSPS) is 18.9. The summed E-state index contributed by atoms with van der Waals surface area (Å²) < 4.78 is 17.1. The molecule has 4 aromatic rings. The Labute approximate surface area is 286 Å². The number of carbonyl (C=O) groups excluding carboxylic acids is 1. The summed E-state index contributed by atoms with van der Waals surface area (Å²) in [5, 5.41) is 6.42. The Bertz CT molecular complexity index is 1890. The number of carbonyl (C=O) groups is 1. The zero-order valence-corrected chi connectivity index (χ0v) is 31.1. The van der Waals surface area contributed by atoms with Crippen molar-refractivity contribution in [1.29, 1.82) is 0 Å². The third-order valence-corrected chi connectivity index (χ3v) is 11.6. The van der Waals surface area contributed by atoms with Crippen molar-refractivity contribution in [2.75, 3.05) is 24.6 Å². The molecule has 2 fully saturated rings. The summed E-state index contributed by atoms with van der Waals surface area (Å²) in [6, 6.07) is 4.78. The largest absolute Gasteiger partial charge is 0.444 e. The van der Waals surface area contributed by atoms with Crippen molar-refractivity contribution < 1.29 is 14.3 Å². The van der Waals surface area contributed by atoms with Crippen LogP contribution in [-0.4, -0.2) is 80.3 Å². The van der Waals surface area contributed by atoms with Crippen LogP contribution in [0.15, 0.2) is 23.1 Å². The minimum Gasteiger partial charge on any atom is -0.444 e. The number of piperazine rings is 1. The van der Waals surface area contributed by atoms with Crippen LogP contribution in [0.4, 0.5) is 10.7 Å². The molecule has 2 bridgehead atoms. The molecule has 0 radical (unpaired) electrons. The van der Waals surface area contributed by atoms with E-state index < -0.39 is 13.7 Å². The Morgan fingerprint density at radius 2 is 1.72 bits per heavy atom. The van der Waals surface area contributed by atoms with Crippen LogP contribution in [0.25, 0.3) is 33.1 Å². The van der Waals surface area contributed by atoms with Gasteiger partial charge in [-0.25, -0.2) is 4.79 Å². The standard InChI is InChI=1S/C33H45Cl2N7O4Si/c1-33(2,3)46-32(44)40-16-20-10-9-11-21(17-40)42(20)31-36-29-25(30(43)38(31)4)23(18-41(29)19-45-14-15-47(6,7)8)22-12-13-24-26(27(22)34)28(35)39(5)37-24/h12-13,18,20-21H,9-11,14-17,19H2,1-8H3. The summed E-state index contributed by atoms with van der Waals surface area (Å²) in [6.45, 7) is 14.5. The van der Waals surface area contributed by atoms with Gasteiger partial charge >= 0.3 is 6.09 Å². The third-order valence-electron chi connectivity index (χ3n) is 9.07. The van der Waals surface area contributed by atoms with Gasteiger partial charge in [0.1, 0.15) is 17.5 Å². The molecule has 2 aliphatic heterocycles. The van der Waals surface area contributed by atoms with Crippen LogP contribution in [0.2, 0.25) is 35.9 Å². The van der Waals surface area contributed by atoms with E-state index in [9.17, 15) is 9.59 Å². The van der Waals surface area contributed by atoms with Crippen molar-refractivity contribution >= 4 is 65.3 Å². The second-order valence-electron chi connectivity index (χ2n) is 15.1. The number of ether oxygens (including phenoxy) is 2. The van der Waals surface area contributed by atoms with Gasteiger partial charge in [-0.3, -0.25) is 14.0 Å². The Balaban J connectivity index is 1.45. The molecule has 1 amide bonds. The first kappa shape index (κ1) is 33.8. The molecule has 0 N–H and O–H groups in total. The van der Waals surface area contributed by atoms with Gasteiger partial charge in [0, 0.05) is 71.3 Å². The van der Waals surface area contributed by atoms with E-state index in [-0.39, 0.29) is 30.5 Å². The molecule has 6 rings (SSSR count). The number of fused-ring (bicyclic) bond motifs is 4. The van der Waals surface area contributed by atoms with E-state index in [2.05, 4.69) is 29.6 Å². The van der Waals surface area contributed by atoms with Crippen molar-refractivity contribution in [2.45, 2.75) is 90.1 Å². The van der Waals surface area contributed by atoms with E-state index in [0.717, 1.165) is 25.3 Å². The van der Waals surface area contributed by atoms with Crippen LogP contribution in [0.3, 0.4) is 0 Å². The molecule has 2 unspecified atom stereocenters. The predicted molar refractivity (Wildman–Crippen MR) is 191 cm³/mol. The number of piperidine rings is 1. The highest BCUT2D eigenvalue weighted by Gasteiger charge is 2.42. The Kier molecular flexibility index (Phi) is 8.95. The molecular formula is C33H45Cl2N7O4Si. The lowest BCUT2D eigenvalue weighted by molar-refractivity contribution is 0.0153. The minimum absolute atomic E-state index is 0.00557. The average molecular weight is 703 g/mol. The number of nitrogens with zero attached hydrogens (tertiary/aromatic N) is 7. The highest BCUT2D eigenvalue weighted by Crippen LogP contribution is 2.41. The van der Waals surface area contributed by atoms with Crippen molar-refractivity contribution in [1.82, 2.24) is 28.8 Å². The van der Waals surface area contributed by atoms with Gasteiger partial charge in [-0.2, -0.15) is 10.1 Å². The van der Waals surface area contributed by atoms with Crippen molar-refractivity contribution in [3.63, 3.8) is 0 Å².